The number of halogens is 2. The predicted octanol–water partition coefficient (Wildman–Crippen LogP) is 2.37. The van der Waals surface area contributed by atoms with Crippen molar-refractivity contribution in [1.82, 2.24) is 0 Å². The van der Waals surface area contributed by atoms with E-state index in [9.17, 15) is 12.8 Å². The van der Waals surface area contributed by atoms with Gasteiger partial charge >= 0.3 is 0 Å². The molecular formula is C8H8ClFO2S. The Morgan fingerprint density at radius 1 is 1.23 bits per heavy atom. The molecule has 0 N–H and O–H groups in total. The van der Waals surface area contributed by atoms with Crippen LogP contribution in [0.1, 0.15) is 11.1 Å². The van der Waals surface area contributed by atoms with Crippen LogP contribution >= 0.6 is 10.7 Å². The lowest BCUT2D eigenvalue weighted by atomic mass is 10.1. The SMILES string of the molecule is Cc1ccc(C)c(S(=O)(=O)Cl)c1F. The van der Waals surface area contributed by atoms with Crippen LogP contribution in [0.5, 0.6) is 0 Å². The Balaban J connectivity index is 3.62. The molecule has 0 aliphatic rings. The van der Waals surface area contributed by atoms with Gasteiger partial charge in [0.15, 0.2) is 0 Å². The Hall–Kier alpha value is -0.610. The van der Waals surface area contributed by atoms with Gasteiger partial charge in [0.05, 0.1) is 0 Å². The van der Waals surface area contributed by atoms with Crippen LogP contribution < -0.4 is 0 Å². The average molecular weight is 223 g/mol. The zero-order chi connectivity index (χ0) is 10.2. The van der Waals surface area contributed by atoms with Gasteiger partial charge in [-0.25, -0.2) is 12.8 Å². The van der Waals surface area contributed by atoms with E-state index in [2.05, 4.69) is 0 Å². The second-order valence-electron chi connectivity index (χ2n) is 2.78. The quantitative estimate of drug-likeness (QED) is 0.684. The lowest BCUT2D eigenvalue weighted by Crippen LogP contribution is -2.00. The van der Waals surface area contributed by atoms with Crippen molar-refractivity contribution in [3.05, 3.63) is 29.1 Å². The summed E-state index contributed by atoms with van der Waals surface area (Å²) in [6.07, 6.45) is 0. The highest BCUT2D eigenvalue weighted by molar-refractivity contribution is 8.13. The van der Waals surface area contributed by atoms with E-state index in [1.807, 2.05) is 0 Å². The number of hydrogen-bond acceptors (Lipinski definition) is 2. The minimum atomic E-state index is -3.99. The molecule has 0 aliphatic carbocycles. The Bertz CT molecular complexity index is 440. The largest absolute Gasteiger partial charge is 0.264 e. The summed E-state index contributed by atoms with van der Waals surface area (Å²) in [6, 6.07) is 3.03. The number of aryl methyl sites for hydroxylation is 2. The zero-order valence-electron chi connectivity index (χ0n) is 7.14. The van der Waals surface area contributed by atoms with Crippen molar-refractivity contribution >= 4 is 19.7 Å². The standard InChI is InChI=1S/C8H8ClFO2S/c1-5-3-4-6(2)8(7(5)10)13(9,11)12/h3-4H,1-2H3. The summed E-state index contributed by atoms with van der Waals surface area (Å²) in [4.78, 5) is -0.422. The molecule has 0 radical (unpaired) electrons. The summed E-state index contributed by atoms with van der Waals surface area (Å²) < 4.78 is 35.2. The Labute approximate surface area is 80.8 Å². The van der Waals surface area contributed by atoms with Crippen molar-refractivity contribution in [3.8, 4) is 0 Å². The van der Waals surface area contributed by atoms with Gasteiger partial charge in [-0.1, -0.05) is 12.1 Å². The lowest BCUT2D eigenvalue weighted by Gasteiger charge is -2.05. The first-order chi connectivity index (χ1) is 5.84. The molecule has 0 saturated heterocycles. The Kier molecular flexibility index (Phi) is 2.63. The maximum atomic E-state index is 13.3. The van der Waals surface area contributed by atoms with Crippen molar-refractivity contribution in [2.24, 2.45) is 0 Å². The normalized spacial score (nSPS) is 11.7. The van der Waals surface area contributed by atoms with Gasteiger partial charge in [0, 0.05) is 10.7 Å². The van der Waals surface area contributed by atoms with Gasteiger partial charge in [0.1, 0.15) is 10.7 Å². The van der Waals surface area contributed by atoms with Crippen LogP contribution in [0.15, 0.2) is 17.0 Å². The van der Waals surface area contributed by atoms with Crippen LogP contribution in [0, 0.1) is 19.7 Å². The molecule has 2 nitrogen and oxygen atoms in total. The molecule has 5 heteroatoms. The van der Waals surface area contributed by atoms with Crippen LogP contribution in [0.25, 0.3) is 0 Å². The molecule has 0 bridgehead atoms. The summed E-state index contributed by atoms with van der Waals surface area (Å²) in [5, 5.41) is 0. The van der Waals surface area contributed by atoms with Gasteiger partial charge in [-0.3, -0.25) is 0 Å². The van der Waals surface area contributed by atoms with E-state index in [4.69, 9.17) is 10.7 Å². The van der Waals surface area contributed by atoms with Crippen molar-refractivity contribution in [1.29, 1.82) is 0 Å². The fourth-order valence-corrected chi connectivity index (χ4v) is 2.45. The molecule has 0 saturated carbocycles. The fraction of sp³-hybridized carbons (Fsp3) is 0.250. The van der Waals surface area contributed by atoms with Crippen LogP contribution in [0.2, 0.25) is 0 Å². The average Bonchev–Trinajstić information content (AvgIpc) is 1.95. The molecular weight excluding hydrogens is 215 g/mol. The molecule has 1 aromatic carbocycles. The van der Waals surface area contributed by atoms with Gasteiger partial charge in [0.2, 0.25) is 0 Å². The fourth-order valence-electron chi connectivity index (χ4n) is 1.05. The summed E-state index contributed by atoms with van der Waals surface area (Å²) in [5.74, 6) is -0.769. The molecule has 1 rings (SSSR count). The summed E-state index contributed by atoms with van der Waals surface area (Å²) in [7, 11) is 1.08. The number of benzene rings is 1. The molecule has 0 heterocycles. The van der Waals surface area contributed by atoms with Crippen molar-refractivity contribution in [3.63, 3.8) is 0 Å². The van der Waals surface area contributed by atoms with Crippen LogP contribution in [-0.4, -0.2) is 8.42 Å². The van der Waals surface area contributed by atoms with Crippen molar-refractivity contribution in [2.45, 2.75) is 18.7 Å². The van der Waals surface area contributed by atoms with E-state index in [1.165, 1.54) is 26.0 Å². The molecule has 0 aromatic heterocycles. The van der Waals surface area contributed by atoms with Crippen molar-refractivity contribution < 1.29 is 12.8 Å². The van der Waals surface area contributed by atoms with Gasteiger partial charge in [0.25, 0.3) is 9.05 Å². The molecule has 13 heavy (non-hydrogen) atoms. The smallest absolute Gasteiger partial charge is 0.207 e. The van der Waals surface area contributed by atoms with E-state index >= 15 is 0 Å². The monoisotopic (exact) mass is 222 g/mol. The third-order valence-corrected chi connectivity index (χ3v) is 3.18. The zero-order valence-corrected chi connectivity index (χ0v) is 8.71. The number of rotatable bonds is 1. The number of hydrogen-bond donors (Lipinski definition) is 0. The lowest BCUT2D eigenvalue weighted by molar-refractivity contribution is 0.567. The molecule has 0 atom stereocenters. The van der Waals surface area contributed by atoms with E-state index < -0.39 is 19.8 Å². The van der Waals surface area contributed by atoms with Crippen molar-refractivity contribution in [2.75, 3.05) is 0 Å². The van der Waals surface area contributed by atoms with Crippen LogP contribution in [-0.2, 0) is 9.05 Å². The first-order valence-electron chi connectivity index (χ1n) is 3.54. The van der Waals surface area contributed by atoms with Gasteiger partial charge in [-0.2, -0.15) is 0 Å². The Morgan fingerprint density at radius 2 is 1.69 bits per heavy atom. The van der Waals surface area contributed by atoms with Crippen LogP contribution in [0.3, 0.4) is 0 Å². The van der Waals surface area contributed by atoms with Crippen LogP contribution in [0.4, 0.5) is 4.39 Å². The second-order valence-corrected chi connectivity index (χ2v) is 5.28. The summed E-state index contributed by atoms with van der Waals surface area (Å²) in [5.41, 5.74) is 0.586. The highest BCUT2D eigenvalue weighted by atomic mass is 35.7. The predicted molar refractivity (Wildman–Crippen MR) is 48.9 cm³/mol. The molecule has 0 unspecified atom stereocenters. The molecule has 72 valence electrons. The van der Waals surface area contributed by atoms with E-state index in [0.29, 0.717) is 5.56 Å². The third-order valence-electron chi connectivity index (χ3n) is 1.73. The maximum absolute atomic E-state index is 13.3. The maximum Gasteiger partial charge on any atom is 0.264 e. The minimum Gasteiger partial charge on any atom is -0.207 e. The summed E-state index contributed by atoms with van der Waals surface area (Å²) >= 11 is 0. The van der Waals surface area contributed by atoms with E-state index in [0.717, 1.165) is 0 Å². The van der Waals surface area contributed by atoms with E-state index in [1.54, 1.807) is 0 Å². The van der Waals surface area contributed by atoms with Gasteiger partial charge < -0.3 is 0 Å². The topological polar surface area (TPSA) is 34.1 Å². The first kappa shape index (κ1) is 10.5. The first-order valence-corrected chi connectivity index (χ1v) is 5.85. The second kappa shape index (κ2) is 3.27. The minimum absolute atomic E-state index is 0.268. The highest BCUT2D eigenvalue weighted by Crippen LogP contribution is 2.24. The summed E-state index contributed by atoms with van der Waals surface area (Å²) in [6.45, 7) is 2.98. The Morgan fingerprint density at radius 3 is 2.08 bits per heavy atom. The van der Waals surface area contributed by atoms with E-state index in [-0.39, 0.29) is 5.56 Å². The molecule has 1 aromatic rings. The molecule has 0 fully saturated rings. The third kappa shape index (κ3) is 2.00. The molecule has 0 spiro atoms. The molecule has 0 aliphatic heterocycles. The van der Waals surface area contributed by atoms with Gasteiger partial charge in [-0.15, -0.1) is 0 Å². The van der Waals surface area contributed by atoms with Gasteiger partial charge in [-0.05, 0) is 25.0 Å². The highest BCUT2D eigenvalue weighted by Gasteiger charge is 2.20. The molecule has 0 amide bonds.